The summed E-state index contributed by atoms with van der Waals surface area (Å²) >= 11 is 0. The number of guanidine groups is 1. The van der Waals surface area contributed by atoms with Crippen molar-refractivity contribution < 1.29 is 19.2 Å². The summed E-state index contributed by atoms with van der Waals surface area (Å²) in [6, 6.07) is 5.28. The molecule has 3 heterocycles. The summed E-state index contributed by atoms with van der Waals surface area (Å²) in [4.78, 5) is 64.0. The number of anilines is 1. The summed E-state index contributed by atoms with van der Waals surface area (Å²) in [6.07, 6.45) is 4.99. The number of urea groups is 1. The van der Waals surface area contributed by atoms with Gasteiger partial charge in [-0.25, -0.2) is 9.79 Å². The molecular weight excluding hydrogens is 486 g/mol. The number of carbonyl (C=O) groups excluding carboxylic acids is 4. The molecule has 0 aromatic heterocycles. The van der Waals surface area contributed by atoms with E-state index in [0.29, 0.717) is 24.7 Å². The number of Topliss-reactive ketones (excluding diaryl/α,β-unsaturated/α-hetero) is 1. The van der Waals surface area contributed by atoms with Crippen LogP contribution in [-0.4, -0.2) is 101 Å². The third-order valence-electron chi connectivity index (χ3n) is 7.16. The molecule has 3 aliphatic heterocycles. The Kier molecular flexibility index (Phi) is 8.15. The number of likely N-dealkylation sites (N-methyl/N-ethyl adjacent to an activating group) is 1. The van der Waals surface area contributed by atoms with Crippen LogP contribution in [0, 0.1) is 5.92 Å². The Bertz CT molecular complexity index is 1160. The van der Waals surface area contributed by atoms with Crippen LogP contribution in [0.25, 0.3) is 0 Å². The lowest BCUT2D eigenvalue weighted by atomic mass is 10.0. The number of likely N-dealkylation sites (tertiary alicyclic amines) is 1. The van der Waals surface area contributed by atoms with Gasteiger partial charge in [-0.2, -0.15) is 0 Å². The molecule has 11 nitrogen and oxygen atoms in total. The number of nitrogens with two attached hydrogens (primary N) is 1. The minimum atomic E-state index is -0.759. The predicted octanol–water partition coefficient (Wildman–Crippen LogP) is 1.72. The van der Waals surface area contributed by atoms with Gasteiger partial charge in [0.25, 0.3) is 5.91 Å². The van der Waals surface area contributed by atoms with Gasteiger partial charge in [-0.3, -0.25) is 19.3 Å². The predicted molar refractivity (Wildman–Crippen MR) is 144 cm³/mol. The van der Waals surface area contributed by atoms with E-state index in [4.69, 9.17) is 10.7 Å². The SMILES string of the molecule is C/C=C/CN1C(N2CCCC(N)C2)=NC2C1C(=O)N(CC(=O)c1ccccc1NC(=O)C(C)C)C(=O)N2C. The van der Waals surface area contributed by atoms with E-state index in [2.05, 4.69) is 10.2 Å². The molecule has 2 fully saturated rings. The molecule has 0 aliphatic carbocycles. The second kappa shape index (κ2) is 11.3. The Morgan fingerprint density at radius 3 is 2.66 bits per heavy atom. The van der Waals surface area contributed by atoms with Gasteiger partial charge in [-0.15, -0.1) is 0 Å². The lowest BCUT2D eigenvalue weighted by molar-refractivity contribution is -0.137. The van der Waals surface area contributed by atoms with Crippen molar-refractivity contribution in [3.8, 4) is 0 Å². The number of benzene rings is 1. The zero-order valence-electron chi connectivity index (χ0n) is 22.5. The first-order valence-corrected chi connectivity index (χ1v) is 13.1. The molecule has 11 heteroatoms. The molecule has 4 rings (SSSR count). The first kappa shape index (κ1) is 27.3. The quantitative estimate of drug-likeness (QED) is 0.411. The van der Waals surface area contributed by atoms with Gasteiger partial charge in [-0.05, 0) is 31.9 Å². The van der Waals surface area contributed by atoms with Crippen LogP contribution < -0.4 is 11.1 Å². The number of hydrogen-bond donors (Lipinski definition) is 2. The van der Waals surface area contributed by atoms with E-state index in [0.717, 1.165) is 24.3 Å². The van der Waals surface area contributed by atoms with Crippen LogP contribution in [0.5, 0.6) is 0 Å². The Hall–Kier alpha value is -3.73. The van der Waals surface area contributed by atoms with E-state index >= 15 is 0 Å². The van der Waals surface area contributed by atoms with Crippen LogP contribution in [0.15, 0.2) is 41.4 Å². The molecule has 38 heavy (non-hydrogen) atoms. The van der Waals surface area contributed by atoms with E-state index in [1.54, 1.807) is 45.2 Å². The van der Waals surface area contributed by atoms with Gasteiger partial charge < -0.3 is 25.8 Å². The number of rotatable bonds is 7. The van der Waals surface area contributed by atoms with Crippen molar-refractivity contribution in [3.05, 3.63) is 42.0 Å². The van der Waals surface area contributed by atoms with Crippen molar-refractivity contribution in [3.63, 3.8) is 0 Å². The first-order valence-electron chi connectivity index (χ1n) is 13.1. The Morgan fingerprint density at radius 1 is 1.24 bits per heavy atom. The average molecular weight is 524 g/mol. The summed E-state index contributed by atoms with van der Waals surface area (Å²) < 4.78 is 0. The van der Waals surface area contributed by atoms with E-state index in [1.807, 2.05) is 24.0 Å². The van der Waals surface area contributed by atoms with Crippen LogP contribution in [0.1, 0.15) is 44.0 Å². The van der Waals surface area contributed by atoms with Crippen LogP contribution in [0.3, 0.4) is 0 Å². The number of aliphatic imine (C=N–C) groups is 1. The number of nitrogens with one attached hydrogen (secondary N) is 1. The summed E-state index contributed by atoms with van der Waals surface area (Å²) in [6.45, 7) is 6.80. The van der Waals surface area contributed by atoms with Crippen molar-refractivity contribution in [2.24, 2.45) is 16.6 Å². The fourth-order valence-electron chi connectivity index (χ4n) is 5.02. The smallest absolute Gasteiger partial charge is 0.328 e. The van der Waals surface area contributed by atoms with E-state index < -0.39 is 36.5 Å². The highest BCUT2D eigenvalue weighted by molar-refractivity contribution is 6.11. The van der Waals surface area contributed by atoms with Crippen LogP contribution in [0.2, 0.25) is 0 Å². The first-order chi connectivity index (χ1) is 18.1. The van der Waals surface area contributed by atoms with Gasteiger partial charge in [-0.1, -0.05) is 38.1 Å². The van der Waals surface area contributed by atoms with Crippen molar-refractivity contribution in [2.75, 3.05) is 38.5 Å². The fraction of sp³-hybridized carbons (Fsp3) is 0.519. The number of nitrogens with zero attached hydrogens (tertiary/aromatic N) is 5. The molecule has 1 aromatic rings. The molecule has 0 spiro atoms. The normalized spacial score (nSPS) is 23.8. The molecule has 3 unspecified atom stereocenters. The summed E-state index contributed by atoms with van der Waals surface area (Å²) in [7, 11) is 1.60. The van der Waals surface area contributed by atoms with Crippen molar-refractivity contribution in [1.29, 1.82) is 0 Å². The number of para-hydroxylation sites is 1. The number of fused-ring (bicyclic) bond motifs is 1. The second-order valence-corrected chi connectivity index (χ2v) is 10.3. The van der Waals surface area contributed by atoms with E-state index in [1.165, 1.54) is 4.90 Å². The number of ketones is 1. The zero-order chi connectivity index (χ0) is 27.6. The van der Waals surface area contributed by atoms with E-state index in [9.17, 15) is 19.2 Å². The number of piperidine rings is 1. The van der Waals surface area contributed by atoms with Crippen LogP contribution in [-0.2, 0) is 9.59 Å². The molecule has 204 valence electrons. The maximum Gasteiger partial charge on any atom is 0.328 e. The lowest BCUT2D eigenvalue weighted by Gasteiger charge is -2.42. The third kappa shape index (κ3) is 5.28. The summed E-state index contributed by atoms with van der Waals surface area (Å²) in [5.74, 6) is -0.774. The molecule has 0 saturated carbocycles. The lowest BCUT2D eigenvalue weighted by Crippen LogP contribution is -2.66. The summed E-state index contributed by atoms with van der Waals surface area (Å²) in [5, 5.41) is 2.76. The van der Waals surface area contributed by atoms with Crippen molar-refractivity contribution in [1.82, 2.24) is 19.6 Å². The molecule has 0 radical (unpaired) electrons. The van der Waals surface area contributed by atoms with Gasteiger partial charge >= 0.3 is 6.03 Å². The van der Waals surface area contributed by atoms with Crippen LogP contribution >= 0.6 is 0 Å². The van der Waals surface area contributed by atoms with Gasteiger partial charge in [0.2, 0.25) is 5.91 Å². The highest BCUT2D eigenvalue weighted by atomic mass is 16.2. The minimum Gasteiger partial charge on any atom is -0.341 e. The Labute approximate surface area is 223 Å². The monoisotopic (exact) mass is 523 g/mol. The van der Waals surface area contributed by atoms with Gasteiger partial charge in [0.15, 0.2) is 24.0 Å². The highest BCUT2D eigenvalue weighted by Gasteiger charge is 2.53. The number of carbonyl (C=O) groups is 4. The molecule has 3 N–H and O–H groups in total. The molecule has 4 amide bonds. The highest BCUT2D eigenvalue weighted by Crippen LogP contribution is 2.30. The fourth-order valence-corrected chi connectivity index (χ4v) is 5.02. The minimum absolute atomic E-state index is 0.0121. The number of amides is 4. The third-order valence-corrected chi connectivity index (χ3v) is 7.16. The van der Waals surface area contributed by atoms with Crippen LogP contribution in [0.4, 0.5) is 10.5 Å². The van der Waals surface area contributed by atoms with Crippen molar-refractivity contribution >= 4 is 35.3 Å². The number of imide groups is 1. The topological polar surface area (TPSA) is 132 Å². The molecule has 2 saturated heterocycles. The van der Waals surface area contributed by atoms with E-state index in [-0.39, 0.29) is 23.4 Å². The van der Waals surface area contributed by atoms with Crippen molar-refractivity contribution in [2.45, 2.75) is 51.9 Å². The second-order valence-electron chi connectivity index (χ2n) is 10.3. The maximum absolute atomic E-state index is 13.8. The van der Waals surface area contributed by atoms with Gasteiger partial charge in [0, 0.05) is 44.2 Å². The van der Waals surface area contributed by atoms with Gasteiger partial charge in [0.1, 0.15) is 0 Å². The van der Waals surface area contributed by atoms with Gasteiger partial charge in [0.05, 0.1) is 12.2 Å². The number of hydrogen-bond acceptors (Lipinski definition) is 8. The molecule has 0 bridgehead atoms. The zero-order valence-corrected chi connectivity index (χ0v) is 22.5. The largest absolute Gasteiger partial charge is 0.341 e. The number of allylic oxidation sites excluding steroid dienone is 1. The molecule has 3 atom stereocenters. The Balaban J connectivity index is 1.60. The Morgan fingerprint density at radius 2 is 1.97 bits per heavy atom. The average Bonchev–Trinajstić information content (AvgIpc) is 3.28. The standard InChI is InChI=1S/C27H37N7O4/c1-5-6-14-33-22-23(30-26(33)32-13-9-10-18(28)15-32)31(4)27(38)34(25(22)37)16-21(35)19-11-7-8-12-20(19)29-24(36)17(2)3/h5-8,11-12,17-18,22-23H,9-10,13-16,28H2,1-4H3,(H,29,36)/b6-5+. The molecule has 1 aromatic carbocycles. The molecular formula is C27H37N7O4. The molecule has 3 aliphatic rings. The maximum atomic E-state index is 13.8. The summed E-state index contributed by atoms with van der Waals surface area (Å²) in [5.41, 5.74) is 6.81.